The molecule has 0 heterocycles. The van der Waals surface area contributed by atoms with Crippen molar-refractivity contribution in [2.75, 3.05) is 0 Å². The van der Waals surface area contributed by atoms with Crippen molar-refractivity contribution in [3.8, 4) is 11.1 Å². The van der Waals surface area contributed by atoms with Crippen LogP contribution in [0.15, 0.2) is 121 Å². The minimum absolute atomic E-state index is 0. The molecule has 270 valence electrons. The molecule has 0 aliphatic heterocycles. The molecule has 0 saturated heterocycles. The molecule has 52 heavy (non-hydrogen) atoms. The molecule has 0 aromatic heterocycles. The van der Waals surface area contributed by atoms with E-state index in [4.69, 9.17) is 23.2 Å². The third-order valence-corrected chi connectivity index (χ3v) is 8.73. The molecule has 2 aliphatic carbocycles. The van der Waals surface area contributed by atoms with Crippen LogP contribution in [0.2, 0.25) is 10.0 Å². The van der Waals surface area contributed by atoms with E-state index in [0.29, 0.717) is 0 Å². The SMILES string of the molecule is CC(C)(C)c1[c-]c2c(cc1)-c1ccc(C(C)(C)C)cc1C2.Cl.Cl.Clc1c[c-]c2ccccc2c1.Clc1c[c-]c2ccccc2c1.[C-]1=CC=CC1.[CH2]=[Zr]. The normalized spacial score (nSPS) is 11.8. The second-order valence-corrected chi connectivity index (χ2v) is 15.0. The van der Waals surface area contributed by atoms with E-state index in [0.717, 1.165) is 44.4 Å². The Morgan fingerprint density at radius 1 is 0.654 bits per heavy atom. The van der Waals surface area contributed by atoms with Gasteiger partial charge in [-0.1, -0.05) is 89.6 Å². The standard InChI is InChI=1S/C21H25.2C10H6Cl.C5H5.CH2.2ClH.Zr/c1-20(2,3)16-7-9-18-14(12-16)11-15-13-17(21(4,5)6)8-10-19(15)18;2*11-10-6-5-8-3-1-2-4-9(8)7-10;1-2-4-5-3-1;;;;/h7-10,12H,11H2,1-6H3;2*1-4,6-7H;1-3H,4H2;1H2;2*1H;/q4*-1;;;;. The molecule has 0 saturated carbocycles. The maximum atomic E-state index is 5.79. The average molecular weight is 844 g/mol. The number of allylic oxidation sites excluding steroid dienone is 4. The first-order valence-electron chi connectivity index (χ1n) is 16.8. The molecule has 0 atom stereocenters. The van der Waals surface area contributed by atoms with Crippen molar-refractivity contribution < 1.29 is 24.2 Å². The van der Waals surface area contributed by atoms with Crippen LogP contribution < -0.4 is 0 Å². The zero-order chi connectivity index (χ0) is 36.3. The van der Waals surface area contributed by atoms with E-state index in [1.54, 1.807) is 12.1 Å². The predicted molar refractivity (Wildman–Crippen MR) is 230 cm³/mol. The molecule has 6 aromatic carbocycles. The first-order chi connectivity index (χ1) is 23.9. The van der Waals surface area contributed by atoms with Crippen molar-refractivity contribution >= 4 is 73.8 Å². The van der Waals surface area contributed by atoms with Crippen LogP contribution in [0.3, 0.4) is 0 Å². The summed E-state index contributed by atoms with van der Waals surface area (Å²) in [5.41, 5.74) is 8.70. The summed E-state index contributed by atoms with van der Waals surface area (Å²) in [6, 6.07) is 44.8. The summed E-state index contributed by atoms with van der Waals surface area (Å²) in [5.74, 6) is 0. The summed E-state index contributed by atoms with van der Waals surface area (Å²) < 4.78 is 3.34. The maximum absolute atomic E-state index is 5.79. The Bertz CT molecular complexity index is 1950. The number of hydrogen-bond acceptors (Lipinski definition) is 0. The molecule has 0 nitrogen and oxygen atoms in total. The van der Waals surface area contributed by atoms with Gasteiger partial charge in [-0.2, -0.15) is 29.8 Å². The number of halogens is 4. The third kappa shape index (κ3) is 13.0. The Balaban J connectivity index is 0.000000257. The van der Waals surface area contributed by atoms with E-state index >= 15 is 0 Å². The molecular weight excluding hydrogens is 798 g/mol. The third-order valence-electron chi connectivity index (χ3n) is 8.29. The van der Waals surface area contributed by atoms with E-state index in [1.807, 2.05) is 72.8 Å². The first-order valence-corrected chi connectivity index (χ1v) is 19.3. The van der Waals surface area contributed by atoms with Crippen molar-refractivity contribution in [3.05, 3.63) is 178 Å². The molecule has 5 heteroatoms. The van der Waals surface area contributed by atoms with E-state index in [-0.39, 0.29) is 35.6 Å². The van der Waals surface area contributed by atoms with Gasteiger partial charge in [0.15, 0.2) is 0 Å². The Kier molecular flexibility index (Phi) is 18.5. The fraction of sp³-hybridized carbons (Fsp3) is 0.213. The Labute approximate surface area is 349 Å². The molecule has 8 rings (SSSR count). The second-order valence-electron chi connectivity index (χ2n) is 14.1. The summed E-state index contributed by atoms with van der Waals surface area (Å²) in [4.78, 5) is 0. The molecule has 0 radical (unpaired) electrons. The van der Waals surface area contributed by atoms with Crippen LogP contribution in [0, 0.1) is 24.3 Å². The zero-order valence-corrected chi connectivity index (χ0v) is 36.3. The monoisotopic (exact) mass is 840 g/mol. The summed E-state index contributed by atoms with van der Waals surface area (Å²) in [7, 11) is 0. The number of benzene rings is 6. The van der Waals surface area contributed by atoms with Crippen LogP contribution in [0.4, 0.5) is 0 Å². The second kappa shape index (κ2) is 21.2. The van der Waals surface area contributed by atoms with Crippen LogP contribution in [0.25, 0.3) is 32.7 Å². The molecule has 0 amide bonds. The minimum atomic E-state index is 0. The van der Waals surface area contributed by atoms with Gasteiger partial charge in [-0.3, -0.25) is 6.08 Å². The number of fused-ring (bicyclic) bond motifs is 5. The topological polar surface area (TPSA) is 0 Å². The Morgan fingerprint density at radius 3 is 1.65 bits per heavy atom. The van der Waals surface area contributed by atoms with Crippen molar-refractivity contribution in [2.24, 2.45) is 0 Å². The average Bonchev–Trinajstić information content (AvgIpc) is 3.81. The van der Waals surface area contributed by atoms with E-state index < -0.39 is 0 Å². The molecule has 2 aliphatic rings. The number of rotatable bonds is 0. The molecule has 0 bridgehead atoms. The van der Waals surface area contributed by atoms with Crippen molar-refractivity contribution in [2.45, 2.75) is 65.2 Å². The van der Waals surface area contributed by atoms with E-state index in [1.165, 1.54) is 57.6 Å². The Morgan fingerprint density at radius 2 is 1.19 bits per heavy atom. The van der Waals surface area contributed by atoms with Gasteiger partial charge in [0.2, 0.25) is 0 Å². The van der Waals surface area contributed by atoms with Crippen LogP contribution in [0.1, 0.15) is 70.2 Å². The Hall–Kier alpha value is -2.77. The van der Waals surface area contributed by atoms with Gasteiger partial charge in [0, 0.05) is 0 Å². The van der Waals surface area contributed by atoms with Gasteiger partial charge in [-0.25, -0.2) is 12.2 Å². The summed E-state index contributed by atoms with van der Waals surface area (Å²) in [6.45, 7) is 13.6. The summed E-state index contributed by atoms with van der Waals surface area (Å²) in [5, 5.41) is 5.97. The molecule has 0 spiro atoms. The van der Waals surface area contributed by atoms with Crippen LogP contribution >= 0.6 is 48.0 Å². The quantitative estimate of drug-likeness (QED) is 0.133. The molecule has 6 aromatic rings. The van der Waals surface area contributed by atoms with Gasteiger partial charge in [-0.05, 0) is 38.4 Å². The van der Waals surface area contributed by atoms with E-state index in [2.05, 4.69) is 106 Å². The molecule has 0 unspecified atom stereocenters. The van der Waals surface area contributed by atoms with Gasteiger partial charge in [-0.15, -0.1) is 148 Å². The van der Waals surface area contributed by atoms with E-state index in [9.17, 15) is 0 Å². The van der Waals surface area contributed by atoms with Gasteiger partial charge >= 0.3 is 28.4 Å². The van der Waals surface area contributed by atoms with Crippen molar-refractivity contribution in [3.63, 3.8) is 0 Å². The first kappa shape index (κ1) is 45.4. The molecule has 0 N–H and O–H groups in total. The van der Waals surface area contributed by atoms with Crippen LogP contribution in [-0.2, 0) is 41.5 Å². The fourth-order valence-electron chi connectivity index (χ4n) is 5.55. The fourth-order valence-corrected chi connectivity index (χ4v) is 5.89. The summed E-state index contributed by atoms with van der Waals surface area (Å²) >= 11 is 12.9. The molecule has 0 fully saturated rings. The predicted octanol–water partition coefficient (Wildman–Crippen LogP) is 14.4. The van der Waals surface area contributed by atoms with Crippen molar-refractivity contribution in [1.29, 1.82) is 0 Å². The van der Waals surface area contributed by atoms with Crippen LogP contribution in [-0.4, -0.2) is 4.21 Å². The molecular formula is C47H46Cl4Zr-4. The van der Waals surface area contributed by atoms with Gasteiger partial charge < -0.3 is 0 Å². The van der Waals surface area contributed by atoms with Gasteiger partial charge in [0.25, 0.3) is 0 Å². The summed E-state index contributed by atoms with van der Waals surface area (Å²) in [6.07, 6.45) is 11.0. The zero-order valence-electron chi connectivity index (χ0n) is 30.7. The van der Waals surface area contributed by atoms with Crippen LogP contribution in [0.5, 0.6) is 0 Å². The number of hydrogen-bond donors (Lipinski definition) is 0. The van der Waals surface area contributed by atoms with Gasteiger partial charge in [0.05, 0.1) is 0 Å². The van der Waals surface area contributed by atoms with Gasteiger partial charge in [0.1, 0.15) is 0 Å². The van der Waals surface area contributed by atoms with Crippen molar-refractivity contribution in [1.82, 2.24) is 0 Å².